The van der Waals surface area contributed by atoms with Crippen LogP contribution in [-0.2, 0) is 0 Å². The van der Waals surface area contributed by atoms with Crippen molar-refractivity contribution in [1.29, 1.82) is 0 Å². The topological polar surface area (TPSA) is 135 Å². The second kappa shape index (κ2) is 11.3. The van der Waals surface area contributed by atoms with Crippen molar-refractivity contribution in [2.45, 2.75) is 37.8 Å². The summed E-state index contributed by atoms with van der Waals surface area (Å²) in [6.45, 7) is 1.90. The van der Waals surface area contributed by atoms with Crippen LogP contribution in [-0.4, -0.2) is 74.4 Å². The minimum absolute atomic E-state index is 0.123. The van der Waals surface area contributed by atoms with Crippen LogP contribution in [0.4, 0.5) is 21.6 Å². The molecule has 0 aliphatic carbocycles. The highest BCUT2D eigenvalue weighted by molar-refractivity contribution is 5.96. The van der Waals surface area contributed by atoms with Crippen molar-refractivity contribution < 1.29 is 19.4 Å². The van der Waals surface area contributed by atoms with Crippen molar-refractivity contribution in [3.63, 3.8) is 0 Å². The zero-order valence-corrected chi connectivity index (χ0v) is 22.4. The van der Waals surface area contributed by atoms with Crippen LogP contribution in [0.5, 0.6) is 0 Å². The molecule has 1 atom stereocenters. The Morgan fingerprint density at radius 3 is 2.66 bits per heavy atom. The molecule has 5 heterocycles. The van der Waals surface area contributed by atoms with Crippen molar-refractivity contribution >= 4 is 34.0 Å². The van der Waals surface area contributed by atoms with Gasteiger partial charge in [0, 0.05) is 37.0 Å². The molecule has 0 saturated carbocycles. The van der Waals surface area contributed by atoms with Crippen molar-refractivity contribution in [3.05, 3.63) is 76.6 Å². The highest BCUT2D eigenvalue weighted by atomic mass is 19.1. The number of carbonyl (C=O) groups excluding carboxylic acids is 1. The highest BCUT2D eigenvalue weighted by Gasteiger charge is 2.29. The number of likely N-dealkylation sites (tertiary alicyclic amines) is 1. The molecular formula is C30H31FN6O4. The lowest BCUT2D eigenvalue weighted by Gasteiger charge is -2.31. The Morgan fingerprint density at radius 2 is 1.93 bits per heavy atom. The van der Waals surface area contributed by atoms with E-state index in [0.29, 0.717) is 47.5 Å². The number of amides is 1. The number of aromatic amines is 1. The minimum Gasteiger partial charge on any atom is -0.394 e. The van der Waals surface area contributed by atoms with Gasteiger partial charge in [0.1, 0.15) is 11.6 Å². The fourth-order valence-corrected chi connectivity index (χ4v) is 5.65. The van der Waals surface area contributed by atoms with Crippen LogP contribution in [0.25, 0.3) is 22.2 Å². The van der Waals surface area contributed by atoms with Crippen LogP contribution < -0.4 is 15.8 Å². The number of aliphatic hydroxyl groups is 2. The van der Waals surface area contributed by atoms with Gasteiger partial charge in [0.25, 0.3) is 11.5 Å². The molecular weight excluding hydrogens is 527 g/mol. The second-order valence-electron chi connectivity index (χ2n) is 10.5. The number of piperidine rings is 1. The molecule has 2 aliphatic rings. The Bertz CT molecular complexity index is 1630. The molecule has 0 spiro atoms. The number of H-pyrrole nitrogens is 1. The summed E-state index contributed by atoms with van der Waals surface area (Å²) in [6.07, 6.45) is 5.90. The molecule has 0 bridgehead atoms. The van der Waals surface area contributed by atoms with Crippen LogP contribution in [0, 0.1) is 5.82 Å². The number of nitrogens with one attached hydrogen (secondary N) is 2. The number of anilines is 3. The van der Waals surface area contributed by atoms with Crippen LogP contribution in [0.1, 0.15) is 36.0 Å². The third-order valence-electron chi connectivity index (χ3n) is 7.91. The third kappa shape index (κ3) is 5.38. The first-order valence-corrected chi connectivity index (χ1v) is 13.8. The molecule has 11 heteroatoms. The van der Waals surface area contributed by atoms with Crippen LogP contribution in [0.15, 0.2) is 59.7 Å². The molecule has 212 valence electrons. The van der Waals surface area contributed by atoms with Crippen LogP contribution in [0.2, 0.25) is 0 Å². The molecule has 1 unspecified atom stereocenters. The first kappa shape index (κ1) is 26.9. The summed E-state index contributed by atoms with van der Waals surface area (Å²) in [6, 6.07) is 11.0. The van der Waals surface area contributed by atoms with E-state index in [1.807, 2.05) is 12.1 Å². The number of carbonyl (C=O) groups is 1. The first-order chi connectivity index (χ1) is 19.9. The van der Waals surface area contributed by atoms with Crippen molar-refractivity contribution in [2.24, 2.45) is 0 Å². The lowest BCUT2D eigenvalue weighted by molar-refractivity contribution is 0.0677. The summed E-state index contributed by atoms with van der Waals surface area (Å²) >= 11 is 0. The number of hydrogen-bond donors (Lipinski definition) is 4. The molecule has 41 heavy (non-hydrogen) atoms. The van der Waals surface area contributed by atoms with Gasteiger partial charge in [0.05, 0.1) is 52.9 Å². The van der Waals surface area contributed by atoms with E-state index in [0.717, 1.165) is 31.6 Å². The monoisotopic (exact) mass is 558 g/mol. The van der Waals surface area contributed by atoms with Crippen LogP contribution >= 0.6 is 0 Å². The number of nitrogens with zero attached hydrogens (tertiary/aromatic N) is 4. The predicted octanol–water partition coefficient (Wildman–Crippen LogP) is 3.43. The SMILES string of the molecule is O=C(c1ccc(-c2cc(Nc3ccc(N4CCC(O)CC4)cn3)c3c(=O)[nH]ccc3n2)c(F)c1)N1CCCC1CO. The summed E-state index contributed by atoms with van der Waals surface area (Å²) in [7, 11) is 0. The van der Waals surface area contributed by atoms with Crippen molar-refractivity contribution in [3.8, 4) is 11.3 Å². The Hall–Kier alpha value is -4.35. The molecule has 0 radical (unpaired) electrons. The molecule has 2 fully saturated rings. The van der Waals surface area contributed by atoms with Gasteiger partial charge in [-0.1, -0.05) is 0 Å². The standard InChI is InChI=1S/C30H31FN6O4/c31-23-14-18(30(41)37-11-1-2-20(37)17-38)3-5-22(23)25-15-26(28-24(34-25)7-10-32-29(28)40)35-27-6-4-19(16-33-27)36-12-8-21(39)9-13-36/h3-7,10,14-16,20-21,38-39H,1-2,8-9,11-13,17H2,(H,32,40)(H,33,34,35). The zero-order chi connectivity index (χ0) is 28.5. The number of fused-ring (bicyclic) bond motifs is 1. The Morgan fingerprint density at radius 1 is 1.10 bits per heavy atom. The molecule has 3 aromatic heterocycles. The Balaban J connectivity index is 1.31. The van der Waals surface area contributed by atoms with Gasteiger partial charge < -0.3 is 30.3 Å². The summed E-state index contributed by atoms with van der Waals surface area (Å²) in [5, 5.41) is 22.9. The smallest absolute Gasteiger partial charge is 0.259 e. The van der Waals surface area contributed by atoms with E-state index in [1.165, 1.54) is 18.3 Å². The van der Waals surface area contributed by atoms with Gasteiger partial charge in [-0.05, 0) is 68.1 Å². The van der Waals surface area contributed by atoms with Gasteiger partial charge in [0.15, 0.2) is 0 Å². The number of pyridine rings is 3. The maximum atomic E-state index is 15.5. The van der Waals surface area contributed by atoms with Gasteiger partial charge in [-0.3, -0.25) is 9.59 Å². The van der Waals surface area contributed by atoms with Gasteiger partial charge in [0.2, 0.25) is 0 Å². The van der Waals surface area contributed by atoms with Gasteiger partial charge >= 0.3 is 0 Å². The Kier molecular flexibility index (Phi) is 7.38. The van der Waals surface area contributed by atoms with Crippen molar-refractivity contribution in [1.82, 2.24) is 19.9 Å². The van der Waals surface area contributed by atoms with E-state index in [4.69, 9.17) is 0 Å². The third-order valence-corrected chi connectivity index (χ3v) is 7.91. The normalized spacial score (nSPS) is 17.8. The predicted molar refractivity (Wildman–Crippen MR) is 154 cm³/mol. The average Bonchev–Trinajstić information content (AvgIpc) is 3.46. The lowest BCUT2D eigenvalue weighted by Crippen LogP contribution is -2.37. The summed E-state index contributed by atoms with van der Waals surface area (Å²) in [5.74, 6) is -0.437. The molecule has 1 aromatic carbocycles. The fourth-order valence-electron chi connectivity index (χ4n) is 5.65. The summed E-state index contributed by atoms with van der Waals surface area (Å²) < 4.78 is 15.5. The maximum Gasteiger partial charge on any atom is 0.259 e. The number of benzene rings is 1. The minimum atomic E-state index is -0.618. The fraction of sp³-hybridized carbons (Fsp3) is 0.333. The molecule has 1 amide bonds. The number of hydrogen-bond acceptors (Lipinski definition) is 8. The molecule has 4 aromatic rings. The summed E-state index contributed by atoms with van der Waals surface area (Å²) in [5.41, 5.74) is 2.06. The van der Waals surface area contributed by atoms with E-state index in [1.54, 1.807) is 29.3 Å². The quantitative estimate of drug-likeness (QED) is 0.283. The summed E-state index contributed by atoms with van der Waals surface area (Å²) in [4.78, 5) is 41.3. The second-order valence-corrected chi connectivity index (χ2v) is 10.5. The van der Waals surface area contributed by atoms with Gasteiger partial charge in [-0.2, -0.15) is 0 Å². The number of aromatic nitrogens is 3. The average molecular weight is 559 g/mol. The highest BCUT2D eigenvalue weighted by Crippen LogP contribution is 2.31. The number of aliphatic hydroxyl groups excluding tert-OH is 2. The molecule has 2 aliphatic heterocycles. The van der Waals surface area contributed by atoms with Crippen LogP contribution in [0.3, 0.4) is 0 Å². The zero-order valence-electron chi connectivity index (χ0n) is 22.4. The van der Waals surface area contributed by atoms with E-state index in [9.17, 15) is 19.8 Å². The van der Waals surface area contributed by atoms with Gasteiger partial charge in [-0.15, -0.1) is 0 Å². The molecule has 4 N–H and O–H groups in total. The van der Waals surface area contributed by atoms with E-state index < -0.39 is 5.82 Å². The van der Waals surface area contributed by atoms with E-state index >= 15 is 4.39 Å². The largest absolute Gasteiger partial charge is 0.394 e. The number of halogens is 1. The van der Waals surface area contributed by atoms with E-state index in [-0.39, 0.29) is 41.3 Å². The maximum absolute atomic E-state index is 15.5. The molecule has 2 saturated heterocycles. The van der Waals surface area contributed by atoms with Gasteiger partial charge in [-0.25, -0.2) is 14.4 Å². The first-order valence-electron chi connectivity index (χ1n) is 13.8. The lowest BCUT2D eigenvalue weighted by atomic mass is 10.0. The Labute approximate surface area is 235 Å². The molecule has 10 nitrogen and oxygen atoms in total. The van der Waals surface area contributed by atoms with E-state index in [2.05, 4.69) is 25.2 Å². The molecule has 6 rings (SSSR count). The van der Waals surface area contributed by atoms with Crippen molar-refractivity contribution in [2.75, 3.05) is 36.5 Å². The number of rotatable bonds is 6.